The van der Waals surface area contributed by atoms with Gasteiger partial charge in [0, 0.05) is 22.2 Å². The number of hydrogen-bond donors (Lipinski definition) is 2. The van der Waals surface area contributed by atoms with Gasteiger partial charge in [0.05, 0.1) is 17.0 Å². The van der Waals surface area contributed by atoms with E-state index < -0.39 is 23.4 Å². The van der Waals surface area contributed by atoms with Crippen molar-refractivity contribution in [3.63, 3.8) is 0 Å². The summed E-state index contributed by atoms with van der Waals surface area (Å²) in [5.74, 6) is 0.00655. The number of rotatable bonds is 7. The van der Waals surface area contributed by atoms with Crippen LogP contribution in [0.15, 0.2) is 65.1 Å². The van der Waals surface area contributed by atoms with Crippen molar-refractivity contribution in [3.05, 3.63) is 97.5 Å². The van der Waals surface area contributed by atoms with Gasteiger partial charge in [0.15, 0.2) is 17.0 Å². The van der Waals surface area contributed by atoms with Crippen molar-refractivity contribution in [2.75, 3.05) is 11.9 Å². The molecule has 1 spiro atoms. The Hall–Kier alpha value is -3.43. The van der Waals surface area contributed by atoms with Crippen LogP contribution >= 0.6 is 15.9 Å². The lowest BCUT2D eigenvalue weighted by atomic mass is 9.78. The number of carbonyl (C=O) groups excluding carboxylic acids is 1. The van der Waals surface area contributed by atoms with Crippen LogP contribution in [-0.2, 0) is 16.9 Å². The van der Waals surface area contributed by atoms with Gasteiger partial charge < -0.3 is 14.8 Å². The minimum Gasteiger partial charge on any atom is -0.490 e. The summed E-state index contributed by atoms with van der Waals surface area (Å²) in [7, 11) is 0. The van der Waals surface area contributed by atoms with Gasteiger partial charge in [-0.15, -0.1) is 0 Å². The third kappa shape index (κ3) is 4.26. The Morgan fingerprint density at radius 1 is 1.11 bits per heavy atom. The zero-order valence-corrected chi connectivity index (χ0v) is 22.4. The fourth-order valence-electron chi connectivity index (χ4n) is 5.58. The third-order valence-electron chi connectivity index (χ3n) is 7.18. The van der Waals surface area contributed by atoms with Crippen LogP contribution in [0.5, 0.6) is 11.5 Å². The van der Waals surface area contributed by atoms with E-state index in [9.17, 15) is 14.9 Å². The molecule has 0 aliphatic carbocycles. The van der Waals surface area contributed by atoms with Crippen molar-refractivity contribution in [1.82, 2.24) is 5.32 Å². The monoisotopic (exact) mass is 565 g/mol. The number of carbonyl (C=O) groups is 1. The number of nitro groups is 1. The van der Waals surface area contributed by atoms with Gasteiger partial charge in [0.25, 0.3) is 11.9 Å². The van der Waals surface area contributed by atoms with Crippen LogP contribution in [0.25, 0.3) is 0 Å². The largest absolute Gasteiger partial charge is 0.490 e. The Labute approximate surface area is 223 Å². The van der Waals surface area contributed by atoms with Crippen molar-refractivity contribution in [2.24, 2.45) is 0 Å². The van der Waals surface area contributed by atoms with Crippen LogP contribution in [0.1, 0.15) is 42.0 Å². The predicted molar refractivity (Wildman–Crippen MR) is 144 cm³/mol. The SMILES string of the molecule is CCOc1cc([C@@H]2[C@H](C)N[C@@]3(C(=O)Nc4ccccc43)[C@@H]2[N+](=O)[O-])cc(Br)c1OCc1ccc(C)cc1. The summed E-state index contributed by atoms with van der Waals surface area (Å²) in [5, 5.41) is 18.8. The van der Waals surface area contributed by atoms with Crippen molar-refractivity contribution in [2.45, 2.75) is 50.9 Å². The Bertz CT molecular complexity index is 1360. The second kappa shape index (κ2) is 9.79. The highest BCUT2D eigenvalue weighted by atomic mass is 79.9. The molecule has 0 saturated carbocycles. The lowest BCUT2D eigenvalue weighted by molar-refractivity contribution is -0.532. The maximum atomic E-state index is 13.3. The number of fused-ring (bicyclic) bond motifs is 2. The van der Waals surface area contributed by atoms with E-state index in [1.165, 1.54) is 5.56 Å². The zero-order valence-electron chi connectivity index (χ0n) is 20.8. The van der Waals surface area contributed by atoms with Gasteiger partial charge in [-0.1, -0.05) is 48.0 Å². The van der Waals surface area contributed by atoms with Crippen LogP contribution in [0.2, 0.25) is 0 Å². The van der Waals surface area contributed by atoms with Gasteiger partial charge in [-0.3, -0.25) is 20.2 Å². The molecule has 1 saturated heterocycles. The van der Waals surface area contributed by atoms with Gasteiger partial charge in [0.2, 0.25) is 0 Å². The molecule has 2 aliphatic rings. The fourth-order valence-corrected chi connectivity index (χ4v) is 6.15. The number of amides is 1. The summed E-state index contributed by atoms with van der Waals surface area (Å²) in [6, 6.07) is 17.2. The summed E-state index contributed by atoms with van der Waals surface area (Å²) in [6.45, 7) is 6.52. The summed E-state index contributed by atoms with van der Waals surface area (Å²) < 4.78 is 12.7. The van der Waals surface area contributed by atoms with Crippen LogP contribution in [0.3, 0.4) is 0 Å². The third-order valence-corrected chi connectivity index (χ3v) is 7.77. The number of para-hydroxylation sites is 1. The topological polar surface area (TPSA) is 103 Å². The number of benzene rings is 3. The number of aryl methyl sites for hydroxylation is 1. The first kappa shape index (κ1) is 25.2. The standard InChI is InChI=1S/C28H28BrN3O5/c1-4-36-23-14-19(13-21(29)25(23)37-15-18-11-9-16(2)10-12-18)24-17(3)31-28(26(24)32(34)35)20-7-5-6-8-22(20)30-27(28)33/h5-14,17,24,26,31H,4,15H2,1-3H3,(H,30,33)/t17-,24-,26+,28+/m0/s1. The molecule has 4 atom stereocenters. The second-order valence-electron chi connectivity index (χ2n) is 9.53. The molecule has 1 amide bonds. The van der Waals surface area contributed by atoms with Gasteiger partial charge in [-0.25, -0.2) is 0 Å². The Morgan fingerprint density at radius 2 is 1.84 bits per heavy atom. The molecule has 3 aromatic rings. The van der Waals surface area contributed by atoms with E-state index in [1.54, 1.807) is 30.3 Å². The molecule has 2 N–H and O–H groups in total. The quantitative estimate of drug-likeness (QED) is 0.297. The summed E-state index contributed by atoms with van der Waals surface area (Å²) in [6.07, 6.45) is 0. The van der Waals surface area contributed by atoms with E-state index in [-0.39, 0.29) is 11.0 Å². The highest BCUT2D eigenvalue weighted by Crippen LogP contribution is 2.51. The van der Waals surface area contributed by atoms with Crippen molar-refractivity contribution >= 4 is 27.5 Å². The molecule has 0 aromatic heterocycles. The molecule has 9 heteroatoms. The average Bonchev–Trinajstić information content (AvgIpc) is 3.33. The number of nitrogens with one attached hydrogen (secondary N) is 2. The van der Waals surface area contributed by atoms with Crippen LogP contribution in [0, 0.1) is 17.0 Å². The molecule has 1 fully saturated rings. The van der Waals surface area contributed by atoms with Crippen molar-refractivity contribution in [1.29, 1.82) is 0 Å². The van der Waals surface area contributed by atoms with E-state index in [0.717, 1.165) is 5.56 Å². The van der Waals surface area contributed by atoms with Gasteiger partial charge in [-0.2, -0.15) is 0 Å². The molecular formula is C28H28BrN3O5. The molecule has 5 rings (SSSR count). The van der Waals surface area contributed by atoms with Gasteiger partial charge in [0.1, 0.15) is 6.61 Å². The second-order valence-corrected chi connectivity index (χ2v) is 10.4. The van der Waals surface area contributed by atoms with Crippen LogP contribution < -0.4 is 20.1 Å². The Morgan fingerprint density at radius 3 is 2.54 bits per heavy atom. The maximum absolute atomic E-state index is 13.3. The summed E-state index contributed by atoms with van der Waals surface area (Å²) >= 11 is 3.62. The van der Waals surface area contributed by atoms with Crippen molar-refractivity contribution in [3.8, 4) is 11.5 Å². The van der Waals surface area contributed by atoms with E-state index in [1.807, 2.05) is 51.1 Å². The minimum absolute atomic E-state index is 0.334. The Balaban J connectivity index is 1.54. The first-order valence-corrected chi connectivity index (χ1v) is 13.0. The average molecular weight is 566 g/mol. The van der Waals surface area contributed by atoms with E-state index in [0.29, 0.717) is 46.0 Å². The highest BCUT2D eigenvalue weighted by molar-refractivity contribution is 9.10. The number of ether oxygens (including phenoxy) is 2. The number of hydrogen-bond acceptors (Lipinski definition) is 6. The molecular weight excluding hydrogens is 538 g/mol. The molecule has 192 valence electrons. The summed E-state index contributed by atoms with van der Waals surface area (Å²) in [5.41, 5.74) is 2.59. The predicted octanol–water partition coefficient (Wildman–Crippen LogP) is 5.30. The zero-order chi connectivity index (χ0) is 26.3. The molecule has 0 bridgehead atoms. The smallest absolute Gasteiger partial charge is 0.256 e. The van der Waals surface area contributed by atoms with E-state index in [4.69, 9.17) is 9.47 Å². The lowest BCUT2D eigenvalue weighted by Gasteiger charge is -2.26. The molecule has 37 heavy (non-hydrogen) atoms. The van der Waals surface area contributed by atoms with Gasteiger partial charge >= 0.3 is 0 Å². The van der Waals surface area contributed by atoms with Crippen LogP contribution in [0.4, 0.5) is 5.69 Å². The molecule has 0 unspecified atom stereocenters. The fraction of sp³-hybridized carbons (Fsp3) is 0.321. The first-order valence-electron chi connectivity index (χ1n) is 12.2. The molecule has 2 heterocycles. The first-order chi connectivity index (χ1) is 17.8. The molecule has 2 aliphatic heterocycles. The Kier molecular flexibility index (Phi) is 6.68. The molecule has 0 radical (unpaired) electrons. The maximum Gasteiger partial charge on any atom is 0.256 e. The number of nitrogens with zero attached hydrogens (tertiary/aromatic N) is 1. The highest BCUT2D eigenvalue weighted by Gasteiger charge is 2.67. The minimum atomic E-state index is -1.47. The number of anilines is 1. The lowest BCUT2D eigenvalue weighted by Crippen LogP contribution is -2.54. The van der Waals surface area contributed by atoms with E-state index >= 15 is 0 Å². The number of halogens is 1. The van der Waals surface area contributed by atoms with Crippen molar-refractivity contribution < 1.29 is 19.2 Å². The summed E-state index contributed by atoms with van der Waals surface area (Å²) in [4.78, 5) is 25.6. The van der Waals surface area contributed by atoms with E-state index in [2.05, 4.69) is 26.6 Å². The molecule has 8 nitrogen and oxygen atoms in total. The van der Waals surface area contributed by atoms with Gasteiger partial charge in [-0.05, 0) is 66.0 Å². The van der Waals surface area contributed by atoms with Crippen LogP contribution in [-0.4, -0.2) is 29.5 Å². The molecule has 3 aromatic carbocycles. The normalized spacial score (nSPS) is 24.1.